The van der Waals surface area contributed by atoms with Crippen molar-refractivity contribution in [1.82, 2.24) is 0 Å². The lowest BCUT2D eigenvalue weighted by atomic mass is 10.2. The van der Waals surface area contributed by atoms with E-state index in [1.807, 2.05) is 48.5 Å². The van der Waals surface area contributed by atoms with E-state index in [-0.39, 0.29) is 0 Å². The van der Waals surface area contributed by atoms with Gasteiger partial charge < -0.3 is 5.73 Å². The standard InChI is InChI=1S/C14H13ClN2S/c15-12-3-1-11(2-4-12)9-18-14-7-5-13(6-8-14)17-10-16/h1-8,10H,9H2,(H2,16,17). The van der Waals surface area contributed by atoms with Gasteiger partial charge in [0.2, 0.25) is 0 Å². The number of thioether (sulfide) groups is 1. The number of rotatable bonds is 4. The lowest BCUT2D eigenvalue weighted by Gasteiger charge is -2.02. The van der Waals surface area contributed by atoms with Crippen molar-refractivity contribution in [2.45, 2.75) is 10.6 Å². The smallest absolute Gasteiger partial charge is 0.0860 e. The van der Waals surface area contributed by atoms with Crippen molar-refractivity contribution in [3.05, 3.63) is 59.1 Å². The summed E-state index contributed by atoms with van der Waals surface area (Å²) in [5.41, 5.74) is 7.36. The van der Waals surface area contributed by atoms with Crippen LogP contribution in [-0.4, -0.2) is 6.34 Å². The van der Waals surface area contributed by atoms with Crippen LogP contribution in [0.15, 0.2) is 58.4 Å². The van der Waals surface area contributed by atoms with Gasteiger partial charge in [0.1, 0.15) is 0 Å². The molecule has 0 spiro atoms. The first kappa shape index (κ1) is 13.0. The second-order valence-corrected chi connectivity index (χ2v) is 5.17. The molecule has 4 heteroatoms. The number of halogens is 1. The highest BCUT2D eigenvalue weighted by atomic mass is 35.5. The molecular weight excluding hydrogens is 264 g/mol. The van der Waals surface area contributed by atoms with Crippen LogP contribution in [0, 0.1) is 0 Å². The molecule has 0 aromatic heterocycles. The van der Waals surface area contributed by atoms with Crippen LogP contribution < -0.4 is 5.73 Å². The molecule has 92 valence electrons. The molecule has 2 aromatic carbocycles. The van der Waals surface area contributed by atoms with Crippen molar-refractivity contribution >= 4 is 35.4 Å². The zero-order valence-electron chi connectivity index (χ0n) is 9.71. The number of hydrogen-bond donors (Lipinski definition) is 1. The van der Waals surface area contributed by atoms with E-state index in [1.165, 1.54) is 16.8 Å². The van der Waals surface area contributed by atoms with E-state index in [2.05, 4.69) is 4.99 Å². The molecule has 0 heterocycles. The summed E-state index contributed by atoms with van der Waals surface area (Å²) < 4.78 is 0. The highest BCUT2D eigenvalue weighted by Gasteiger charge is 1.97. The maximum absolute atomic E-state index is 5.85. The maximum Gasteiger partial charge on any atom is 0.0860 e. The normalized spacial score (nSPS) is 10.9. The molecule has 0 bridgehead atoms. The quantitative estimate of drug-likeness (QED) is 0.515. The minimum atomic E-state index is 0.771. The molecule has 0 radical (unpaired) electrons. The Kier molecular flexibility index (Phi) is 4.67. The highest BCUT2D eigenvalue weighted by Crippen LogP contribution is 2.25. The Morgan fingerprint density at radius 1 is 1.06 bits per heavy atom. The first-order valence-electron chi connectivity index (χ1n) is 5.49. The van der Waals surface area contributed by atoms with E-state index in [4.69, 9.17) is 17.3 Å². The van der Waals surface area contributed by atoms with Gasteiger partial charge in [-0.2, -0.15) is 0 Å². The first-order chi connectivity index (χ1) is 8.78. The molecule has 2 N–H and O–H groups in total. The molecule has 0 saturated heterocycles. The van der Waals surface area contributed by atoms with E-state index in [0.29, 0.717) is 0 Å². The van der Waals surface area contributed by atoms with Crippen LogP contribution in [0.2, 0.25) is 5.02 Å². The molecule has 18 heavy (non-hydrogen) atoms. The third-order valence-electron chi connectivity index (χ3n) is 2.38. The Morgan fingerprint density at radius 3 is 2.33 bits per heavy atom. The monoisotopic (exact) mass is 276 g/mol. The highest BCUT2D eigenvalue weighted by molar-refractivity contribution is 7.98. The van der Waals surface area contributed by atoms with Gasteiger partial charge >= 0.3 is 0 Å². The second kappa shape index (κ2) is 6.47. The molecule has 0 amide bonds. The number of aliphatic imine (C=N–C) groups is 1. The van der Waals surface area contributed by atoms with E-state index in [9.17, 15) is 0 Å². The van der Waals surface area contributed by atoms with Crippen molar-refractivity contribution in [2.24, 2.45) is 10.7 Å². The summed E-state index contributed by atoms with van der Waals surface area (Å²) in [7, 11) is 0. The van der Waals surface area contributed by atoms with Crippen LogP contribution in [0.25, 0.3) is 0 Å². The molecule has 0 unspecified atom stereocenters. The average molecular weight is 277 g/mol. The molecule has 0 aliphatic carbocycles. The molecule has 0 atom stereocenters. The fraction of sp³-hybridized carbons (Fsp3) is 0.0714. The molecular formula is C14H13ClN2S. The summed E-state index contributed by atoms with van der Waals surface area (Å²) in [5, 5.41) is 0.771. The lowest BCUT2D eigenvalue weighted by molar-refractivity contribution is 1.37. The van der Waals surface area contributed by atoms with Gasteiger partial charge in [-0.25, -0.2) is 4.99 Å². The zero-order valence-corrected chi connectivity index (χ0v) is 11.3. The van der Waals surface area contributed by atoms with Crippen molar-refractivity contribution in [3.8, 4) is 0 Å². The van der Waals surface area contributed by atoms with Gasteiger partial charge in [0.05, 0.1) is 12.0 Å². The van der Waals surface area contributed by atoms with Crippen molar-refractivity contribution in [3.63, 3.8) is 0 Å². The summed E-state index contributed by atoms with van der Waals surface area (Å²) in [6, 6.07) is 15.9. The minimum absolute atomic E-state index is 0.771. The van der Waals surface area contributed by atoms with Crippen LogP contribution in [0.1, 0.15) is 5.56 Å². The molecule has 0 aliphatic heterocycles. The average Bonchev–Trinajstić information content (AvgIpc) is 2.40. The Labute approximate surface area is 116 Å². The van der Waals surface area contributed by atoms with Gasteiger partial charge in [0, 0.05) is 15.7 Å². The van der Waals surface area contributed by atoms with Crippen molar-refractivity contribution in [2.75, 3.05) is 0 Å². The number of benzene rings is 2. The number of nitrogens with zero attached hydrogens (tertiary/aromatic N) is 1. The Balaban J connectivity index is 1.95. The number of nitrogens with two attached hydrogens (primary N) is 1. The van der Waals surface area contributed by atoms with E-state index in [1.54, 1.807) is 11.8 Å². The second-order valence-electron chi connectivity index (χ2n) is 3.69. The van der Waals surface area contributed by atoms with Crippen LogP contribution >= 0.6 is 23.4 Å². The molecule has 0 fully saturated rings. The summed E-state index contributed by atoms with van der Waals surface area (Å²) in [6.07, 6.45) is 1.30. The predicted molar refractivity (Wildman–Crippen MR) is 79.8 cm³/mol. The summed E-state index contributed by atoms with van der Waals surface area (Å²) in [4.78, 5) is 5.21. The predicted octanol–water partition coefficient (Wildman–Crippen LogP) is 4.25. The zero-order chi connectivity index (χ0) is 12.8. The van der Waals surface area contributed by atoms with E-state index >= 15 is 0 Å². The Hall–Kier alpha value is -1.45. The van der Waals surface area contributed by atoms with Crippen LogP contribution in [0.3, 0.4) is 0 Å². The van der Waals surface area contributed by atoms with Gasteiger partial charge in [-0.1, -0.05) is 23.7 Å². The molecule has 0 saturated carbocycles. The fourth-order valence-electron chi connectivity index (χ4n) is 1.46. The van der Waals surface area contributed by atoms with E-state index in [0.717, 1.165) is 16.5 Å². The molecule has 2 rings (SSSR count). The van der Waals surface area contributed by atoms with Gasteiger partial charge in [-0.15, -0.1) is 11.8 Å². The molecule has 0 aliphatic rings. The van der Waals surface area contributed by atoms with Crippen LogP contribution in [0.4, 0.5) is 5.69 Å². The summed E-state index contributed by atoms with van der Waals surface area (Å²) >= 11 is 7.63. The molecule has 2 aromatic rings. The minimum Gasteiger partial charge on any atom is -0.390 e. The summed E-state index contributed by atoms with van der Waals surface area (Å²) in [6.45, 7) is 0. The van der Waals surface area contributed by atoms with Crippen molar-refractivity contribution in [1.29, 1.82) is 0 Å². The van der Waals surface area contributed by atoms with Crippen LogP contribution in [-0.2, 0) is 5.75 Å². The molecule has 2 nitrogen and oxygen atoms in total. The summed E-state index contributed by atoms with van der Waals surface area (Å²) in [5.74, 6) is 0.927. The van der Waals surface area contributed by atoms with Gasteiger partial charge in [-0.3, -0.25) is 0 Å². The Bertz CT molecular complexity index is 520. The Morgan fingerprint density at radius 2 is 1.72 bits per heavy atom. The van der Waals surface area contributed by atoms with Gasteiger partial charge in [0.25, 0.3) is 0 Å². The van der Waals surface area contributed by atoms with Gasteiger partial charge in [0.15, 0.2) is 0 Å². The van der Waals surface area contributed by atoms with Crippen LogP contribution in [0.5, 0.6) is 0 Å². The SMILES string of the molecule is NC=Nc1ccc(SCc2ccc(Cl)cc2)cc1. The maximum atomic E-state index is 5.85. The first-order valence-corrected chi connectivity index (χ1v) is 6.86. The third kappa shape index (κ3) is 3.79. The third-order valence-corrected chi connectivity index (χ3v) is 3.71. The fourth-order valence-corrected chi connectivity index (χ4v) is 2.44. The van der Waals surface area contributed by atoms with Crippen molar-refractivity contribution < 1.29 is 0 Å². The van der Waals surface area contributed by atoms with E-state index < -0.39 is 0 Å². The van der Waals surface area contributed by atoms with Gasteiger partial charge in [-0.05, 0) is 42.0 Å². The largest absolute Gasteiger partial charge is 0.390 e. The number of hydrogen-bond acceptors (Lipinski definition) is 2. The topological polar surface area (TPSA) is 38.4 Å². The lowest BCUT2D eigenvalue weighted by Crippen LogP contribution is -1.86.